The van der Waals surface area contributed by atoms with Crippen molar-refractivity contribution in [1.82, 2.24) is 5.32 Å². The van der Waals surface area contributed by atoms with E-state index in [1.165, 1.54) is 0 Å². The summed E-state index contributed by atoms with van der Waals surface area (Å²) in [5.41, 5.74) is 2.56. The minimum atomic E-state index is -5.16. The molecule has 0 fully saturated rings. The van der Waals surface area contributed by atoms with Gasteiger partial charge in [-0.05, 0) is 28.7 Å². The summed E-state index contributed by atoms with van der Waals surface area (Å²) in [7, 11) is -10.0. The van der Waals surface area contributed by atoms with Crippen molar-refractivity contribution < 1.29 is 42.2 Å². The van der Waals surface area contributed by atoms with Gasteiger partial charge in [0.1, 0.15) is 6.61 Å². The van der Waals surface area contributed by atoms with Gasteiger partial charge < -0.3 is 33.6 Å². The summed E-state index contributed by atoms with van der Waals surface area (Å²) in [5.74, 6) is 0. The summed E-state index contributed by atoms with van der Waals surface area (Å²) in [6.45, 7) is -0.939. The van der Waals surface area contributed by atoms with Crippen LogP contribution in [0, 0.1) is 0 Å². The lowest BCUT2D eigenvalue weighted by atomic mass is 10.2. The smallest absolute Gasteiger partial charge is 0.407 e. The molecule has 0 aliphatic rings. The van der Waals surface area contributed by atoms with E-state index >= 15 is 0 Å². The molecule has 238 valence electrons. The van der Waals surface area contributed by atoms with Gasteiger partial charge in [0.2, 0.25) is 0 Å². The maximum absolute atomic E-state index is 14.6. The van der Waals surface area contributed by atoms with Crippen LogP contribution in [-0.2, 0) is 53.9 Å². The van der Waals surface area contributed by atoms with Crippen molar-refractivity contribution in [1.29, 1.82) is 0 Å². The van der Waals surface area contributed by atoms with Crippen LogP contribution in [0.3, 0.4) is 0 Å². The predicted molar refractivity (Wildman–Crippen MR) is 170 cm³/mol. The molecule has 10 nitrogen and oxygen atoms in total. The third-order valence-electron chi connectivity index (χ3n) is 6.80. The molecule has 0 heterocycles. The Morgan fingerprint density at radius 2 is 1.00 bits per heavy atom. The van der Waals surface area contributed by atoms with Crippen LogP contribution in [0.2, 0.25) is 0 Å². The Morgan fingerprint density at radius 1 is 0.622 bits per heavy atom. The van der Waals surface area contributed by atoms with Crippen molar-refractivity contribution in [2.24, 2.45) is 0 Å². The number of rotatable bonds is 17. The van der Waals surface area contributed by atoms with Gasteiger partial charge in [-0.2, -0.15) is 0 Å². The fourth-order valence-electron chi connectivity index (χ4n) is 4.27. The van der Waals surface area contributed by atoms with E-state index < -0.39 is 32.8 Å². The first-order valence-corrected chi connectivity index (χ1v) is 17.5. The van der Waals surface area contributed by atoms with Crippen LogP contribution in [0.5, 0.6) is 0 Å². The Labute approximate surface area is 263 Å². The van der Waals surface area contributed by atoms with Gasteiger partial charge in [-0.15, -0.1) is 0 Å². The Kier molecular flexibility index (Phi) is 12.7. The number of carbonyl (C=O) groups is 1. The summed E-state index contributed by atoms with van der Waals surface area (Å²) in [6.07, 6.45) is -1.39. The molecule has 0 saturated heterocycles. The van der Waals surface area contributed by atoms with Crippen LogP contribution in [0.4, 0.5) is 4.79 Å². The van der Waals surface area contributed by atoms with Gasteiger partial charge in [0.05, 0.1) is 19.8 Å². The number of nitrogens with one attached hydrogen (secondary N) is 1. The molecule has 0 bridgehead atoms. The number of aliphatic hydroxyl groups is 1. The van der Waals surface area contributed by atoms with Crippen LogP contribution in [0.1, 0.15) is 35.1 Å². The summed E-state index contributed by atoms with van der Waals surface area (Å²) in [4.78, 5) is 23.6. The third-order valence-corrected chi connectivity index (χ3v) is 11.9. The molecule has 2 atom stereocenters. The lowest BCUT2D eigenvalue weighted by Crippen LogP contribution is -2.34. The topological polar surface area (TPSA) is 141 Å². The highest BCUT2D eigenvalue weighted by atomic mass is 31.2. The number of carbonyl (C=O) groups excluding carboxylic acids is 1. The minimum absolute atomic E-state index is 0.0473. The number of benzene rings is 4. The third kappa shape index (κ3) is 9.95. The second kappa shape index (κ2) is 16.6. The molecule has 2 unspecified atom stereocenters. The van der Waals surface area contributed by atoms with E-state index in [0.717, 1.165) is 5.56 Å². The van der Waals surface area contributed by atoms with E-state index in [0.29, 0.717) is 16.7 Å². The number of alkyl carbamates (subject to hydrolysis) is 1. The zero-order valence-electron chi connectivity index (χ0n) is 24.6. The molecule has 0 saturated carbocycles. The molecular formula is C33H37NO9P2. The highest BCUT2D eigenvalue weighted by molar-refractivity contribution is 7.73. The van der Waals surface area contributed by atoms with Gasteiger partial charge in [0.15, 0.2) is 0 Å². The van der Waals surface area contributed by atoms with E-state index in [9.17, 15) is 23.9 Å². The molecule has 0 spiro atoms. The zero-order chi connectivity index (χ0) is 32.0. The van der Waals surface area contributed by atoms with E-state index in [1.54, 1.807) is 91.0 Å². The van der Waals surface area contributed by atoms with E-state index in [1.807, 2.05) is 30.3 Å². The number of ether oxygens (including phenoxy) is 1. The summed E-state index contributed by atoms with van der Waals surface area (Å²) < 4.78 is 50.7. The fraction of sp³-hybridized carbons (Fsp3) is 0.242. The second-order valence-corrected chi connectivity index (χ2v) is 14.8. The first-order chi connectivity index (χ1) is 21.7. The average molecular weight is 654 g/mol. The van der Waals surface area contributed by atoms with Crippen LogP contribution >= 0.6 is 15.2 Å². The zero-order valence-corrected chi connectivity index (χ0v) is 26.4. The molecule has 0 aliphatic heterocycles. The first-order valence-electron chi connectivity index (χ1n) is 14.4. The van der Waals surface area contributed by atoms with Gasteiger partial charge in [-0.25, -0.2) is 4.79 Å². The monoisotopic (exact) mass is 653 g/mol. The normalized spacial score (nSPS) is 14.2. The van der Waals surface area contributed by atoms with E-state index in [4.69, 9.17) is 18.3 Å². The maximum atomic E-state index is 14.6. The van der Waals surface area contributed by atoms with Crippen molar-refractivity contribution in [3.63, 3.8) is 0 Å². The maximum Gasteiger partial charge on any atom is 0.407 e. The number of hydrogen-bond donors (Lipinski definition) is 3. The summed E-state index contributed by atoms with van der Waals surface area (Å²) in [6, 6.07) is 35.2. The molecule has 4 rings (SSSR count). The second-order valence-electron chi connectivity index (χ2n) is 10.2. The van der Waals surface area contributed by atoms with Crippen molar-refractivity contribution in [2.45, 2.75) is 44.4 Å². The largest absolute Gasteiger partial charge is 0.445 e. The average Bonchev–Trinajstić information content (AvgIpc) is 3.08. The standard InChI is InChI=1S/C33H37NO9P2/c35-32(40-24-28-14-5-1-6-15-28)34-23-13-22-33(36,44(37,38)41-25-29-16-7-2-8-17-29)45(39,42-26-30-18-9-3-10-19-30)43-27-31-20-11-4-12-21-31/h1-12,14-21,36H,13,22-27H2,(H,34,35)(H,37,38). The lowest BCUT2D eigenvalue weighted by Gasteiger charge is -2.36. The van der Waals surface area contributed by atoms with Crippen LogP contribution in [-0.4, -0.2) is 27.7 Å². The van der Waals surface area contributed by atoms with Crippen molar-refractivity contribution in [3.05, 3.63) is 144 Å². The number of amides is 1. The molecule has 0 aliphatic carbocycles. The summed E-state index contributed by atoms with van der Waals surface area (Å²) in [5, 5.41) is 11.6. The van der Waals surface area contributed by atoms with Crippen molar-refractivity contribution >= 4 is 21.3 Å². The Morgan fingerprint density at radius 3 is 1.42 bits per heavy atom. The first kappa shape index (κ1) is 34.3. The minimum Gasteiger partial charge on any atom is -0.445 e. The van der Waals surface area contributed by atoms with Crippen LogP contribution < -0.4 is 5.32 Å². The number of hydrogen-bond acceptors (Lipinski definition) is 8. The molecular weight excluding hydrogens is 616 g/mol. The Balaban J connectivity index is 1.54. The fourth-order valence-corrected chi connectivity index (χ4v) is 8.56. The van der Waals surface area contributed by atoms with Crippen molar-refractivity contribution in [3.8, 4) is 0 Å². The SMILES string of the molecule is O=C(NCCCC(O)(P(=O)(O)OCc1ccccc1)P(=O)(OCc1ccccc1)OCc1ccccc1)OCc1ccccc1. The van der Waals surface area contributed by atoms with Gasteiger partial charge in [-0.3, -0.25) is 9.13 Å². The molecule has 0 aromatic heterocycles. The molecule has 3 N–H and O–H groups in total. The molecule has 1 amide bonds. The van der Waals surface area contributed by atoms with Crippen LogP contribution in [0.25, 0.3) is 0 Å². The van der Waals surface area contributed by atoms with Crippen molar-refractivity contribution in [2.75, 3.05) is 6.54 Å². The van der Waals surface area contributed by atoms with Gasteiger partial charge in [0, 0.05) is 13.0 Å². The highest BCUT2D eigenvalue weighted by Gasteiger charge is 2.63. The molecule has 4 aromatic carbocycles. The lowest BCUT2D eigenvalue weighted by molar-refractivity contribution is 0.0752. The van der Waals surface area contributed by atoms with Gasteiger partial charge in [0.25, 0.3) is 5.08 Å². The molecule has 12 heteroatoms. The molecule has 0 radical (unpaired) electrons. The van der Waals surface area contributed by atoms with Gasteiger partial charge in [-0.1, -0.05) is 121 Å². The summed E-state index contributed by atoms with van der Waals surface area (Å²) >= 11 is 0. The van der Waals surface area contributed by atoms with Gasteiger partial charge >= 0.3 is 21.3 Å². The van der Waals surface area contributed by atoms with E-state index in [2.05, 4.69) is 5.32 Å². The van der Waals surface area contributed by atoms with Crippen LogP contribution in [0.15, 0.2) is 121 Å². The highest BCUT2D eigenvalue weighted by Crippen LogP contribution is 2.76. The predicted octanol–water partition coefficient (Wildman–Crippen LogP) is 7.37. The van der Waals surface area contributed by atoms with E-state index in [-0.39, 0.29) is 39.4 Å². The molecule has 45 heavy (non-hydrogen) atoms. The Hall–Kier alpha value is -3.59. The molecule has 4 aromatic rings. The quantitative estimate of drug-likeness (QED) is 0.0787. The Bertz CT molecular complexity index is 1510.